The number of nitrogens with zero attached hydrogens (tertiary/aromatic N) is 3. The molecule has 0 bridgehead atoms. The highest BCUT2D eigenvalue weighted by Gasteiger charge is 2.17. The molecule has 156 valence electrons. The van der Waals surface area contributed by atoms with Crippen molar-refractivity contribution >= 4 is 17.3 Å². The lowest BCUT2D eigenvalue weighted by molar-refractivity contribution is 0.277. The lowest BCUT2D eigenvalue weighted by atomic mass is 10.1. The van der Waals surface area contributed by atoms with Crippen molar-refractivity contribution in [2.45, 2.75) is 31.8 Å². The van der Waals surface area contributed by atoms with E-state index in [4.69, 9.17) is 10.5 Å². The molecule has 1 aromatic carbocycles. The number of nitrogens with two attached hydrogens (primary N) is 1. The molecule has 30 heavy (non-hydrogen) atoms. The maximum atomic E-state index is 5.98. The van der Waals surface area contributed by atoms with Gasteiger partial charge < -0.3 is 21.2 Å². The summed E-state index contributed by atoms with van der Waals surface area (Å²) < 4.78 is 7.92. The van der Waals surface area contributed by atoms with Crippen molar-refractivity contribution in [3.63, 3.8) is 0 Å². The summed E-state index contributed by atoms with van der Waals surface area (Å²) in [4.78, 5) is 4.27. The normalized spacial score (nSPS) is 17.4. The van der Waals surface area contributed by atoms with Crippen molar-refractivity contribution in [2.75, 3.05) is 29.7 Å². The van der Waals surface area contributed by atoms with Gasteiger partial charge in [0.2, 0.25) is 0 Å². The molecule has 9 heteroatoms. The van der Waals surface area contributed by atoms with Crippen LogP contribution in [0.15, 0.2) is 42.7 Å². The predicted octanol–water partition coefficient (Wildman–Crippen LogP) is 1.89. The molecule has 1 fully saturated rings. The van der Waals surface area contributed by atoms with Crippen molar-refractivity contribution < 1.29 is 4.74 Å². The number of pyridine rings is 1. The van der Waals surface area contributed by atoms with Crippen LogP contribution in [0.5, 0.6) is 5.75 Å². The van der Waals surface area contributed by atoms with E-state index in [1.807, 2.05) is 29.1 Å². The second-order valence-electron chi connectivity index (χ2n) is 7.78. The summed E-state index contributed by atoms with van der Waals surface area (Å²) >= 11 is 0. The molecular formula is C21H26N8O. The predicted molar refractivity (Wildman–Crippen MR) is 116 cm³/mol. The fourth-order valence-electron chi connectivity index (χ4n) is 3.96. The summed E-state index contributed by atoms with van der Waals surface area (Å²) in [5.41, 5.74) is 19.1. The van der Waals surface area contributed by atoms with Crippen LogP contribution in [-0.2, 0) is 13.0 Å². The van der Waals surface area contributed by atoms with Crippen LogP contribution in [0.1, 0.15) is 29.5 Å². The van der Waals surface area contributed by atoms with Crippen LogP contribution in [0.25, 0.3) is 0 Å². The van der Waals surface area contributed by atoms with E-state index < -0.39 is 0 Å². The molecule has 4 heterocycles. The zero-order valence-corrected chi connectivity index (χ0v) is 16.7. The minimum Gasteiger partial charge on any atom is -0.492 e. The minimum atomic E-state index is 0.464. The molecule has 2 aliphatic rings. The molecule has 9 nitrogen and oxygen atoms in total. The van der Waals surface area contributed by atoms with Crippen molar-refractivity contribution in [2.24, 2.45) is 0 Å². The Morgan fingerprint density at radius 1 is 1.20 bits per heavy atom. The van der Waals surface area contributed by atoms with E-state index in [-0.39, 0.29) is 0 Å². The van der Waals surface area contributed by atoms with E-state index in [0.717, 1.165) is 34.7 Å². The lowest BCUT2D eigenvalue weighted by Gasteiger charge is -2.13. The largest absolute Gasteiger partial charge is 0.492 e. The molecule has 0 amide bonds. The first kappa shape index (κ1) is 18.7. The Balaban J connectivity index is 1.24. The van der Waals surface area contributed by atoms with Crippen LogP contribution in [-0.4, -0.2) is 34.0 Å². The van der Waals surface area contributed by atoms with Gasteiger partial charge in [-0.2, -0.15) is 5.10 Å². The minimum absolute atomic E-state index is 0.464. The van der Waals surface area contributed by atoms with Crippen LogP contribution in [0, 0.1) is 0 Å². The monoisotopic (exact) mass is 406 g/mol. The van der Waals surface area contributed by atoms with Gasteiger partial charge in [0.15, 0.2) is 5.82 Å². The summed E-state index contributed by atoms with van der Waals surface area (Å²) in [6, 6.07) is 10.6. The number of hydrogen-bond acceptors (Lipinski definition) is 8. The Bertz CT molecular complexity index is 1030. The highest BCUT2D eigenvalue weighted by Crippen LogP contribution is 2.30. The standard InChI is InChI=1S/C21H26N8O/c22-19-9-16(20-21(25-19)27-28-26-20)7-15-10-24-29(12-15)11-14-3-1-5-18(8-14)30-13-17-4-2-6-23-17/h1,3,5,8-10,12,17,23,26,28H,2,4,6-7,11,13H2,(H3,22,25,27)/t17-/m1/s1. The van der Waals surface area contributed by atoms with Crippen molar-refractivity contribution in [1.82, 2.24) is 25.6 Å². The maximum absolute atomic E-state index is 5.98. The molecule has 0 radical (unpaired) electrons. The third-order valence-electron chi connectivity index (χ3n) is 5.43. The van der Waals surface area contributed by atoms with Gasteiger partial charge in [-0.15, -0.1) is 5.53 Å². The number of fused-ring (bicyclic) bond motifs is 1. The third-order valence-corrected chi connectivity index (χ3v) is 5.43. The summed E-state index contributed by atoms with van der Waals surface area (Å²) in [5.74, 6) is 2.10. The Hall–Kier alpha value is -3.30. The second kappa shape index (κ2) is 8.21. The topological polar surface area (TPSA) is 114 Å². The number of hydrazine groups is 2. The molecular weight excluding hydrogens is 380 g/mol. The maximum Gasteiger partial charge on any atom is 0.169 e. The van der Waals surface area contributed by atoms with Gasteiger partial charge in [-0.3, -0.25) is 10.1 Å². The Labute approximate surface area is 175 Å². The molecule has 2 aliphatic heterocycles. The highest BCUT2D eigenvalue weighted by molar-refractivity contribution is 5.74. The molecule has 0 saturated carbocycles. The van der Waals surface area contributed by atoms with Crippen LogP contribution < -0.4 is 32.2 Å². The lowest BCUT2D eigenvalue weighted by Crippen LogP contribution is -2.28. The zero-order chi connectivity index (χ0) is 20.3. The van der Waals surface area contributed by atoms with Gasteiger partial charge in [-0.05, 0) is 54.3 Å². The average Bonchev–Trinajstić information content (AvgIpc) is 3.49. The second-order valence-corrected chi connectivity index (χ2v) is 7.78. The Morgan fingerprint density at radius 3 is 3.07 bits per heavy atom. The molecule has 0 aliphatic carbocycles. The average molecular weight is 406 g/mol. The Morgan fingerprint density at radius 2 is 2.17 bits per heavy atom. The summed E-state index contributed by atoms with van der Waals surface area (Å²) in [6.45, 7) is 2.50. The van der Waals surface area contributed by atoms with Gasteiger partial charge >= 0.3 is 0 Å². The smallest absolute Gasteiger partial charge is 0.169 e. The number of anilines is 3. The van der Waals surface area contributed by atoms with E-state index in [0.29, 0.717) is 37.3 Å². The SMILES string of the molecule is Nc1cc(Cc2cnn(Cc3cccc(OC[C@H]4CCCN4)c3)c2)c2c(n1)NNN2. The van der Waals surface area contributed by atoms with E-state index in [1.165, 1.54) is 12.8 Å². The molecule has 3 aromatic rings. The van der Waals surface area contributed by atoms with E-state index in [2.05, 4.69) is 50.1 Å². The highest BCUT2D eigenvalue weighted by atomic mass is 16.5. The number of aromatic nitrogens is 3. The molecule has 5 rings (SSSR count). The van der Waals surface area contributed by atoms with Crippen LogP contribution in [0.4, 0.5) is 17.3 Å². The fourth-order valence-corrected chi connectivity index (χ4v) is 3.96. The molecule has 1 atom stereocenters. The van der Waals surface area contributed by atoms with E-state index >= 15 is 0 Å². The molecule has 0 spiro atoms. The van der Waals surface area contributed by atoms with Crippen LogP contribution >= 0.6 is 0 Å². The first-order valence-electron chi connectivity index (χ1n) is 10.3. The van der Waals surface area contributed by atoms with Crippen LogP contribution in [0.3, 0.4) is 0 Å². The molecule has 2 aromatic heterocycles. The molecule has 0 unspecified atom stereocenters. The third kappa shape index (κ3) is 4.17. The fraction of sp³-hybridized carbons (Fsp3) is 0.333. The van der Waals surface area contributed by atoms with Crippen molar-refractivity contribution in [1.29, 1.82) is 0 Å². The zero-order valence-electron chi connectivity index (χ0n) is 16.7. The number of nitrogens with one attached hydrogen (secondary N) is 4. The first-order chi connectivity index (χ1) is 14.7. The number of ether oxygens (including phenoxy) is 1. The van der Waals surface area contributed by atoms with Gasteiger partial charge in [0.25, 0.3) is 0 Å². The van der Waals surface area contributed by atoms with Crippen molar-refractivity contribution in [3.05, 3.63) is 59.4 Å². The van der Waals surface area contributed by atoms with Crippen LogP contribution in [0.2, 0.25) is 0 Å². The van der Waals surface area contributed by atoms with Crippen molar-refractivity contribution in [3.8, 4) is 5.75 Å². The number of nitrogen functional groups attached to an aromatic ring is 1. The van der Waals surface area contributed by atoms with Gasteiger partial charge in [0, 0.05) is 18.7 Å². The summed E-state index contributed by atoms with van der Waals surface area (Å²) in [5, 5.41) is 7.99. The van der Waals surface area contributed by atoms with Gasteiger partial charge in [0.05, 0.1) is 18.4 Å². The summed E-state index contributed by atoms with van der Waals surface area (Å²) in [6.07, 6.45) is 7.08. The number of hydrogen-bond donors (Lipinski definition) is 5. The first-order valence-corrected chi connectivity index (χ1v) is 10.3. The number of benzene rings is 1. The quantitative estimate of drug-likeness (QED) is 0.404. The molecule has 1 saturated heterocycles. The van der Waals surface area contributed by atoms with E-state index in [1.54, 1.807) is 0 Å². The Kier molecular flexibility index (Phi) is 5.12. The molecule has 6 N–H and O–H groups in total. The van der Waals surface area contributed by atoms with Gasteiger partial charge in [-0.1, -0.05) is 12.1 Å². The summed E-state index contributed by atoms with van der Waals surface area (Å²) in [7, 11) is 0. The number of rotatable bonds is 7. The van der Waals surface area contributed by atoms with E-state index in [9.17, 15) is 0 Å². The van der Waals surface area contributed by atoms with Gasteiger partial charge in [0.1, 0.15) is 18.2 Å². The van der Waals surface area contributed by atoms with Gasteiger partial charge in [-0.25, -0.2) is 4.98 Å².